The molecule has 0 aromatic carbocycles. The number of carbonyl (C=O) groups is 1. The van der Waals surface area contributed by atoms with Gasteiger partial charge in [0.25, 0.3) is 5.91 Å². The van der Waals surface area contributed by atoms with Crippen LogP contribution in [0.25, 0.3) is 0 Å². The Morgan fingerprint density at radius 3 is 2.70 bits per heavy atom. The maximum absolute atomic E-state index is 12.3. The Morgan fingerprint density at radius 1 is 1.45 bits per heavy atom. The SMILES string of the molecule is CCCNc1cc(C(=O)N(C)CC(C)O)cc(CC)n1. The highest BCUT2D eigenvalue weighted by Gasteiger charge is 2.15. The molecule has 0 spiro atoms. The van der Waals surface area contributed by atoms with Crippen molar-refractivity contribution in [2.75, 3.05) is 25.5 Å². The molecule has 0 aliphatic heterocycles. The lowest BCUT2D eigenvalue weighted by Crippen LogP contribution is -2.33. The van der Waals surface area contributed by atoms with Gasteiger partial charge in [0.15, 0.2) is 0 Å². The van der Waals surface area contributed by atoms with Crippen LogP contribution >= 0.6 is 0 Å². The topological polar surface area (TPSA) is 65.5 Å². The van der Waals surface area contributed by atoms with Crippen LogP contribution in [0, 0.1) is 0 Å². The van der Waals surface area contributed by atoms with Gasteiger partial charge >= 0.3 is 0 Å². The second-order valence-corrected chi connectivity index (χ2v) is 5.05. The zero-order valence-corrected chi connectivity index (χ0v) is 12.8. The van der Waals surface area contributed by atoms with Crippen molar-refractivity contribution in [3.8, 4) is 0 Å². The number of aliphatic hydroxyl groups excluding tert-OH is 1. The van der Waals surface area contributed by atoms with E-state index < -0.39 is 6.10 Å². The van der Waals surface area contributed by atoms with Gasteiger partial charge < -0.3 is 15.3 Å². The molecule has 0 aliphatic carbocycles. The summed E-state index contributed by atoms with van der Waals surface area (Å²) < 4.78 is 0. The predicted octanol–water partition coefficient (Wildman–Crippen LogP) is 1.92. The van der Waals surface area contributed by atoms with Gasteiger partial charge in [0.2, 0.25) is 0 Å². The van der Waals surface area contributed by atoms with Gasteiger partial charge in [-0.15, -0.1) is 0 Å². The van der Waals surface area contributed by atoms with E-state index in [9.17, 15) is 9.90 Å². The van der Waals surface area contributed by atoms with Crippen LogP contribution in [-0.2, 0) is 6.42 Å². The Balaban J connectivity index is 2.94. The zero-order valence-electron chi connectivity index (χ0n) is 12.8. The summed E-state index contributed by atoms with van der Waals surface area (Å²) in [5.41, 5.74) is 1.50. The van der Waals surface area contributed by atoms with Crippen LogP contribution in [0.2, 0.25) is 0 Å². The lowest BCUT2D eigenvalue weighted by atomic mass is 10.1. The van der Waals surface area contributed by atoms with E-state index in [1.54, 1.807) is 20.0 Å². The lowest BCUT2D eigenvalue weighted by molar-refractivity contribution is 0.0703. The first-order valence-corrected chi connectivity index (χ1v) is 7.16. The normalized spacial score (nSPS) is 12.1. The third kappa shape index (κ3) is 4.81. The molecule has 5 heteroatoms. The molecule has 0 saturated carbocycles. The number of aromatic nitrogens is 1. The van der Waals surface area contributed by atoms with Crippen LogP contribution < -0.4 is 5.32 Å². The maximum atomic E-state index is 12.3. The number of pyridine rings is 1. The average molecular weight is 279 g/mol. The molecular formula is C15H25N3O2. The quantitative estimate of drug-likeness (QED) is 0.800. The smallest absolute Gasteiger partial charge is 0.253 e. The zero-order chi connectivity index (χ0) is 15.1. The van der Waals surface area contributed by atoms with Gasteiger partial charge in [-0.1, -0.05) is 13.8 Å². The molecular weight excluding hydrogens is 254 g/mol. The van der Waals surface area contributed by atoms with Gasteiger partial charge in [0.1, 0.15) is 5.82 Å². The van der Waals surface area contributed by atoms with E-state index in [0.717, 1.165) is 30.9 Å². The highest BCUT2D eigenvalue weighted by Crippen LogP contribution is 2.13. The van der Waals surface area contributed by atoms with Crippen molar-refractivity contribution in [2.45, 2.75) is 39.7 Å². The molecule has 20 heavy (non-hydrogen) atoms. The van der Waals surface area contributed by atoms with Crippen LogP contribution in [0.4, 0.5) is 5.82 Å². The molecule has 1 heterocycles. The molecule has 1 amide bonds. The maximum Gasteiger partial charge on any atom is 0.253 e. The second kappa shape index (κ2) is 7.85. The summed E-state index contributed by atoms with van der Waals surface area (Å²) in [7, 11) is 1.69. The Kier molecular flexibility index (Phi) is 6.45. The second-order valence-electron chi connectivity index (χ2n) is 5.05. The minimum absolute atomic E-state index is 0.0949. The van der Waals surface area contributed by atoms with Crippen LogP contribution in [0.5, 0.6) is 0 Å². The number of rotatable bonds is 7. The third-order valence-electron chi connectivity index (χ3n) is 2.93. The minimum Gasteiger partial charge on any atom is -0.392 e. The Hall–Kier alpha value is -1.62. The van der Waals surface area contributed by atoms with E-state index in [1.165, 1.54) is 4.90 Å². The molecule has 1 atom stereocenters. The lowest BCUT2D eigenvalue weighted by Gasteiger charge is -2.19. The standard InChI is InChI=1S/C15H25N3O2/c1-5-7-16-14-9-12(8-13(6-2)17-14)15(20)18(4)10-11(3)19/h8-9,11,19H,5-7,10H2,1-4H3,(H,16,17). The molecule has 0 saturated heterocycles. The van der Waals surface area contributed by atoms with E-state index in [1.807, 2.05) is 13.0 Å². The highest BCUT2D eigenvalue weighted by molar-refractivity contribution is 5.94. The molecule has 0 radical (unpaired) electrons. The van der Waals surface area contributed by atoms with Crippen molar-refractivity contribution in [3.63, 3.8) is 0 Å². The van der Waals surface area contributed by atoms with Crippen LogP contribution in [-0.4, -0.2) is 47.1 Å². The van der Waals surface area contributed by atoms with Gasteiger partial charge in [-0.2, -0.15) is 0 Å². The van der Waals surface area contributed by atoms with Crippen molar-refractivity contribution >= 4 is 11.7 Å². The van der Waals surface area contributed by atoms with Crippen molar-refractivity contribution in [3.05, 3.63) is 23.4 Å². The molecule has 0 bridgehead atoms. The fraction of sp³-hybridized carbons (Fsp3) is 0.600. The minimum atomic E-state index is -0.533. The third-order valence-corrected chi connectivity index (χ3v) is 2.93. The summed E-state index contributed by atoms with van der Waals surface area (Å²) in [6.45, 7) is 6.92. The number of amides is 1. The van der Waals surface area contributed by atoms with E-state index in [2.05, 4.69) is 17.2 Å². The number of aryl methyl sites for hydroxylation is 1. The van der Waals surface area contributed by atoms with Crippen LogP contribution in [0.15, 0.2) is 12.1 Å². The van der Waals surface area contributed by atoms with Crippen molar-refractivity contribution in [1.82, 2.24) is 9.88 Å². The van der Waals surface area contributed by atoms with Crippen LogP contribution in [0.3, 0.4) is 0 Å². The largest absolute Gasteiger partial charge is 0.392 e. The molecule has 5 nitrogen and oxygen atoms in total. The fourth-order valence-electron chi connectivity index (χ4n) is 1.94. The Morgan fingerprint density at radius 2 is 2.15 bits per heavy atom. The summed E-state index contributed by atoms with van der Waals surface area (Å²) in [6, 6.07) is 3.59. The molecule has 1 aromatic heterocycles. The van der Waals surface area contributed by atoms with Crippen molar-refractivity contribution in [1.29, 1.82) is 0 Å². The number of nitrogens with one attached hydrogen (secondary N) is 1. The monoisotopic (exact) mass is 279 g/mol. The summed E-state index contributed by atoms with van der Waals surface area (Å²) in [5, 5.41) is 12.6. The number of likely N-dealkylation sites (N-methyl/N-ethyl adjacent to an activating group) is 1. The number of anilines is 1. The van der Waals surface area contributed by atoms with E-state index in [0.29, 0.717) is 12.1 Å². The number of hydrogen-bond acceptors (Lipinski definition) is 4. The summed E-state index contributed by atoms with van der Waals surface area (Å²) >= 11 is 0. The number of aliphatic hydroxyl groups is 1. The predicted molar refractivity (Wildman–Crippen MR) is 81.0 cm³/mol. The molecule has 1 unspecified atom stereocenters. The van der Waals surface area contributed by atoms with Crippen molar-refractivity contribution < 1.29 is 9.90 Å². The Labute approximate surface area is 121 Å². The van der Waals surface area contributed by atoms with Crippen LogP contribution in [0.1, 0.15) is 43.2 Å². The molecule has 0 aliphatic rings. The van der Waals surface area contributed by atoms with Gasteiger partial charge in [0.05, 0.1) is 6.10 Å². The summed E-state index contributed by atoms with van der Waals surface area (Å²) in [4.78, 5) is 18.3. The molecule has 2 N–H and O–H groups in total. The van der Waals surface area contributed by atoms with E-state index in [4.69, 9.17) is 0 Å². The van der Waals surface area contributed by atoms with Gasteiger partial charge in [-0.3, -0.25) is 4.79 Å². The molecule has 1 rings (SSSR count). The molecule has 0 fully saturated rings. The van der Waals surface area contributed by atoms with E-state index >= 15 is 0 Å². The first kappa shape index (κ1) is 16.4. The fourth-order valence-corrected chi connectivity index (χ4v) is 1.94. The summed E-state index contributed by atoms with van der Waals surface area (Å²) in [6.07, 6.45) is 1.25. The summed E-state index contributed by atoms with van der Waals surface area (Å²) in [5.74, 6) is 0.641. The van der Waals surface area contributed by atoms with Gasteiger partial charge in [-0.05, 0) is 31.9 Å². The first-order chi connectivity index (χ1) is 9.47. The first-order valence-electron chi connectivity index (χ1n) is 7.16. The molecule has 112 valence electrons. The van der Waals surface area contributed by atoms with Gasteiger partial charge in [-0.25, -0.2) is 4.98 Å². The van der Waals surface area contributed by atoms with Crippen molar-refractivity contribution in [2.24, 2.45) is 0 Å². The molecule has 1 aromatic rings. The number of nitrogens with zero attached hydrogens (tertiary/aromatic N) is 2. The number of hydrogen-bond donors (Lipinski definition) is 2. The Bertz CT molecular complexity index is 447. The highest BCUT2D eigenvalue weighted by atomic mass is 16.3. The average Bonchev–Trinajstić information content (AvgIpc) is 2.43. The van der Waals surface area contributed by atoms with E-state index in [-0.39, 0.29) is 5.91 Å². The number of carbonyl (C=O) groups excluding carboxylic acids is 1. The van der Waals surface area contributed by atoms with Gasteiger partial charge in [0, 0.05) is 31.4 Å².